The fourth-order valence-corrected chi connectivity index (χ4v) is 1.04. The molecule has 0 saturated heterocycles. The molecule has 0 aliphatic carbocycles. The van der Waals surface area contributed by atoms with Gasteiger partial charge in [0.05, 0.1) is 6.10 Å². The molecule has 0 N–H and O–H groups in total. The first-order chi connectivity index (χ1) is 6.72. The summed E-state index contributed by atoms with van der Waals surface area (Å²) >= 11 is 5.55. The van der Waals surface area contributed by atoms with E-state index < -0.39 is 0 Å². The van der Waals surface area contributed by atoms with E-state index in [9.17, 15) is 0 Å². The third-order valence-corrected chi connectivity index (χ3v) is 1.84. The third-order valence-electron chi connectivity index (χ3n) is 1.57. The van der Waals surface area contributed by atoms with Crippen molar-refractivity contribution in [2.45, 2.75) is 39.4 Å². The molecule has 1 aromatic rings. The lowest BCUT2D eigenvalue weighted by Crippen LogP contribution is -2.02. The van der Waals surface area contributed by atoms with Gasteiger partial charge in [0.2, 0.25) is 11.8 Å². The Morgan fingerprint density at radius 2 is 2.07 bits per heavy atom. The van der Waals surface area contributed by atoms with Crippen LogP contribution in [-0.4, -0.2) is 22.2 Å². The van der Waals surface area contributed by atoms with Gasteiger partial charge in [-0.05, 0) is 20.3 Å². The first-order valence-corrected chi connectivity index (χ1v) is 5.24. The summed E-state index contributed by atoms with van der Waals surface area (Å²) in [6.07, 6.45) is 1.76. The van der Waals surface area contributed by atoms with Crippen LogP contribution >= 0.6 is 11.6 Å². The van der Waals surface area contributed by atoms with E-state index in [4.69, 9.17) is 20.8 Å². The van der Waals surface area contributed by atoms with E-state index in [1.807, 2.05) is 13.8 Å². The summed E-state index contributed by atoms with van der Waals surface area (Å²) in [5.74, 6) is 1.77. The van der Waals surface area contributed by atoms with Crippen LogP contribution in [0, 0.1) is 0 Å². The second-order valence-electron chi connectivity index (χ2n) is 3.24. The smallest absolute Gasteiger partial charge is 0.242 e. The summed E-state index contributed by atoms with van der Waals surface area (Å²) in [7, 11) is 0. The molecule has 0 unspecified atom stereocenters. The Balaban J connectivity index is 2.35. The van der Waals surface area contributed by atoms with Gasteiger partial charge >= 0.3 is 0 Å². The van der Waals surface area contributed by atoms with Crippen molar-refractivity contribution in [2.24, 2.45) is 0 Å². The zero-order chi connectivity index (χ0) is 10.4. The maximum atomic E-state index is 5.55. The Morgan fingerprint density at radius 3 is 2.71 bits per heavy atom. The highest BCUT2D eigenvalue weighted by Gasteiger charge is 2.06. The van der Waals surface area contributed by atoms with Gasteiger partial charge in [0.25, 0.3) is 0 Å². The Labute approximate surface area is 88.6 Å². The van der Waals surface area contributed by atoms with Crippen LogP contribution in [0.15, 0.2) is 4.42 Å². The number of hydrogen-bond acceptors (Lipinski definition) is 4. The highest BCUT2D eigenvalue weighted by molar-refractivity contribution is 6.17. The number of aryl methyl sites for hydroxylation is 1. The van der Waals surface area contributed by atoms with Crippen LogP contribution in [0.5, 0.6) is 0 Å². The minimum absolute atomic E-state index is 0.174. The number of ether oxygens (including phenoxy) is 1. The molecule has 0 aliphatic rings. The molecule has 0 aliphatic heterocycles. The summed E-state index contributed by atoms with van der Waals surface area (Å²) in [4.78, 5) is 0. The van der Waals surface area contributed by atoms with Gasteiger partial charge in [0.15, 0.2) is 0 Å². The fourth-order valence-electron chi connectivity index (χ4n) is 0.904. The Hall–Kier alpha value is -0.610. The molecular formula is C9H15ClN2O2. The summed E-state index contributed by atoms with van der Waals surface area (Å²) < 4.78 is 10.7. The predicted octanol–water partition coefficient (Wildman–Crippen LogP) is 2.17. The molecule has 0 fully saturated rings. The number of aromatic nitrogens is 2. The number of halogens is 1. The van der Waals surface area contributed by atoms with E-state index in [1.165, 1.54) is 0 Å². The summed E-state index contributed by atoms with van der Waals surface area (Å²) in [5.41, 5.74) is 0. The quantitative estimate of drug-likeness (QED) is 0.687. The van der Waals surface area contributed by atoms with Crippen LogP contribution in [0.2, 0.25) is 0 Å². The van der Waals surface area contributed by atoms with Crippen molar-refractivity contribution in [2.75, 3.05) is 5.88 Å². The maximum absolute atomic E-state index is 5.55. The van der Waals surface area contributed by atoms with Crippen molar-refractivity contribution in [3.63, 3.8) is 0 Å². The Kier molecular flexibility index (Phi) is 4.90. The van der Waals surface area contributed by atoms with E-state index >= 15 is 0 Å². The van der Waals surface area contributed by atoms with E-state index in [0.29, 0.717) is 24.3 Å². The van der Waals surface area contributed by atoms with Crippen LogP contribution in [-0.2, 0) is 17.8 Å². The van der Waals surface area contributed by atoms with Crippen LogP contribution in [0.25, 0.3) is 0 Å². The molecule has 80 valence electrons. The van der Waals surface area contributed by atoms with Crippen molar-refractivity contribution in [1.82, 2.24) is 10.2 Å². The van der Waals surface area contributed by atoms with Gasteiger partial charge in [-0.25, -0.2) is 0 Å². The van der Waals surface area contributed by atoms with Crippen molar-refractivity contribution in [1.29, 1.82) is 0 Å². The molecule has 0 atom stereocenters. The third kappa shape index (κ3) is 4.07. The molecule has 1 heterocycles. The molecule has 0 radical (unpaired) electrons. The molecule has 0 amide bonds. The molecule has 4 nitrogen and oxygen atoms in total. The number of rotatable bonds is 6. The van der Waals surface area contributed by atoms with Gasteiger partial charge in [-0.15, -0.1) is 21.8 Å². The molecule has 0 saturated carbocycles. The lowest BCUT2D eigenvalue weighted by atomic mass is 10.3. The molecule has 14 heavy (non-hydrogen) atoms. The van der Waals surface area contributed by atoms with Crippen LogP contribution in [0.1, 0.15) is 32.0 Å². The fraction of sp³-hybridized carbons (Fsp3) is 0.778. The lowest BCUT2D eigenvalue weighted by molar-refractivity contribution is 0.0511. The number of hydrogen-bond donors (Lipinski definition) is 0. The highest BCUT2D eigenvalue weighted by atomic mass is 35.5. The van der Waals surface area contributed by atoms with Crippen molar-refractivity contribution in [3.8, 4) is 0 Å². The predicted molar refractivity (Wildman–Crippen MR) is 53.3 cm³/mol. The first kappa shape index (κ1) is 11.5. The molecule has 0 spiro atoms. The van der Waals surface area contributed by atoms with Gasteiger partial charge in [-0.1, -0.05) is 0 Å². The molecule has 0 bridgehead atoms. The zero-order valence-corrected chi connectivity index (χ0v) is 9.25. The van der Waals surface area contributed by atoms with Gasteiger partial charge in [0.1, 0.15) is 6.61 Å². The van der Waals surface area contributed by atoms with Crippen LogP contribution < -0.4 is 0 Å². The SMILES string of the molecule is CC(C)OCc1nnc(CCCCl)o1. The maximum Gasteiger partial charge on any atom is 0.242 e. The van der Waals surface area contributed by atoms with E-state index in [2.05, 4.69) is 10.2 Å². The molecule has 5 heteroatoms. The average molecular weight is 219 g/mol. The van der Waals surface area contributed by atoms with Gasteiger partial charge < -0.3 is 9.15 Å². The minimum Gasteiger partial charge on any atom is -0.423 e. The van der Waals surface area contributed by atoms with Crippen molar-refractivity contribution in [3.05, 3.63) is 11.8 Å². The normalized spacial score (nSPS) is 11.1. The van der Waals surface area contributed by atoms with Gasteiger partial charge in [0, 0.05) is 12.3 Å². The average Bonchev–Trinajstić information content (AvgIpc) is 2.59. The molecule has 1 rings (SSSR count). The van der Waals surface area contributed by atoms with Gasteiger partial charge in [-0.3, -0.25) is 0 Å². The summed E-state index contributed by atoms with van der Waals surface area (Å²) in [6.45, 7) is 4.31. The number of nitrogens with zero attached hydrogens (tertiary/aromatic N) is 2. The zero-order valence-electron chi connectivity index (χ0n) is 8.49. The highest BCUT2D eigenvalue weighted by Crippen LogP contribution is 2.05. The van der Waals surface area contributed by atoms with Crippen LogP contribution in [0.4, 0.5) is 0 Å². The molecular weight excluding hydrogens is 204 g/mol. The van der Waals surface area contributed by atoms with Crippen molar-refractivity contribution >= 4 is 11.6 Å². The molecule has 0 aromatic carbocycles. The second kappa shape index (κ2) is 5.98. The second-order valence-corrected chi connectivity index (χ2v) is 3.62. The standard InChI is InChI=1S/C9H15ClN2O2/c1-7(2)13-6-9-12-11-8(14-9)4-3-5-10/h7H,3-6H2,1-2H3. The minimum atomic E-state index is 0.174. The largest absolute Gasteiger partial charge is 0.423 e. The Morgan fingerprint density at radius 1 is 1.36 bits per heavy atom. The topological polar surface area (TPSA) is 48.2 Å². The van der Waals surface area contributed by atoms with Crippen LogP contribution in [0.3, 0.4) is 0 Å². The summed E-state index contributed by atoms with van der Waals surface area (Å²) in [6, 6.07) is 0. The van der Waals surface area contributed by atoms with Gasteiger partial charge in [-0.2, -0.15) is 0 Å². The summed E-state index contributed by atoms with van der Waals surface area (Å²) in [5, 5.41) is 7.73. The number of alkyl halides is 1. The van der Waals surface area contributed by atoms with E-state index in [0.717, 1.165) is 12.8 Å². The Bertz CT molecular complexity index is 263. The lowest BCUT2D eigenvalue weighted by Gasteiger charge is -2.02. The van der Waals surface area contributed by atoms with Crippen molar-refractivity contribution < 1.29 is 9.15 Å². The monoisotopic (exact) mass is 218 g/mol. The molecule has 1 aromatic heterocycles. The van der Waals surface area contributed by atoms with E-state index in [1.54, 1.807) is 0 Å². The van der Waals surface area contributed by atoms with E-state index in [-0.39, 0.29) is 6.10 Å². The first-order valence-electron chi connectivity index (χ1n) is 4.71.